The van der Waals surface area contributed by atoms with Crippen LogP contribution in [0.4, 0.5) is 0 Å². The van der Waals surface area contributed by atoms with E-state index >= 15 is 0 Å². The normalized spacial score (nSPS) is 10.6. The Morgan fingerprint density at radius 1 is 1.36 bits per heavy atom. The van der Waals surface area contributed by atoms with E-state index in [1.165, 1.54) is 24.6 Å². The highest BCUT2D eigenvalue weighted by atomic mass is 32.2. The van der Waals surface area contributed by atoms with Crippen LogP contribution in [-0.4, -0.2) is 18.3 Å². The summed E-state index contributed by atoms with van der Waals surface area (Å²) in [5, 5.41) is 0. The Kier molecular flexibility index (Phi) is 9.26. The van der Waals surface area contributed by atoms with Crippen LogP contribution < -0.4 is 0 Å². The molecule has 0 N–H and O–H groups in total. The number of hydrogen-bond donors (Lipinski definition) is 0. The zero-order chi connectivity index (χ0) is 10.8. The van der Waals surface area contributed by atoms with Gasteiger partial charge in [-0.25, -0.2) is 0 Å². The molecule has 0 aliphatic rings. The fourth-order valence-corrected chi connectivity index (χ4v) is 1.39. The van der Waals surface area contributed by atoms with Crippen molar-refractivity contribution in [3.63, 3.8) is 0 Å². The summed E-state index contributed by atoms with van der Waals surface area (Å²) in [5.74, 6) is 1.00. The molecule has 83 valence electrons. The summed E-state index contributed by atoms with van der Waals surface area (Å²) in [4.78, 5) is 10.9. The zero-order valence-corrected chi connectivity index (χ0v) is 10.1. The van der Waals surface area contributed by atoms with Crippen LogP contribution in [0.5, 0.6) is 0 Å². The molecule has 0 aromatic heterocycles. The molecule has 0 aliphatic heterocycles. The van der Waals surface area contributed by atoms with Crippen LogP contribution >= 0.6 is 11.8 Å². The van der Waals surface area contributed by atoms with E-state index in [1.54, 1.807) is 0 Å². The third-order valence-electron chi connectivity index (χ3n) is 1.91. The van der Waals surface area contributed by atoms with E-state index in [9.17, 15) is 4.79 Å². The average Bonchev–Trinajstić information content (AvgIpc) is 2.11. The molecule has 0 aromatic rings. The van der Waals surface area contributed by atoms with Gasteiger partial charge < -0.3 is 4.74 Å². The van der Waals surface area contributed by atoms with Gasteiger partial charge in [-0.15, -0.1) is 11.8 Å². The van der Waals surface area contributed by atoms with Crippen LogP contribution in [0, 0.1) is 12.2 Å². The van der Waals surface area contributed by atoms with Gasteiger partial charge in [0.25, 0.3) is 0 Å². The predicted octanol–water partition coefficient (Wildman–Crippen LogP) is 3.27. The maximum absolute atomic E-state index is 10.9. The van der Waals surface area contributed by atoms with Gasteiger partial charge in [-0.3, -0.25) is 4.79 Å². The number of thioether (sulfide) groups is 1. The Bertz CT molecular complexity index is 146. The lowest BCUT2D eigenvalue weighted by Gasteiger charge is -2.05. The van der Waals surface area contributed by atoms with Crippen molar-refractivity contribution in [1.82, 2.24) is 0 Å². The van der Waals surface area contributed by atoms with Gasteiger partial charge in [0.1, 0.15) is 0 Å². The minimum atomic E-state index is -0.145. The van der Waals surface area contributed by atoms with Crippen LogP contribution in [0.25, 0.3) is 0 Å². The molecule has 0 rings (SSSR count). The Morgan fingerprint density at radius 2 is 2.07 bits per heavy atom. The van der Waals surface area contributed by atoms with Crippen LogP contribution in [0.1, 0.15) is 39.5 Å². The van der Waals surface area contributed by atoms with Crippen LogP contribution in [0.2, 0.25) is 0 Å². The number of carbonyl (C=O) groups excluding carboxylic acids is 1. The number of hydrogen-bond acceptors (Lipinski definition) is 3. The molecular weight excluding hydrogens is 196 g/mol. The second kappa shape index (κ2) is 9.38. The van der Waals surface area contributed by atoms with E-state index in [-0.39, 0.29) is 5.97 Å². The summed E-state index contributed by atoms with van der Waals surface area (Å²) in [6.07, 6.45) is 8.16. The third-order valence-corrected chi connectivity index (χ3v) is 2.35. The number of carbonyl (C=O) groups is 1. The van der Waals surface area contributed by atoms with E-state index < -0.39 is 0 Å². The Morgan fingerprint density at radius 3 is 2.64 bits per heavy atom. The van der Waals surface area contributed by atoms with Gasteiger partial charge in [-0.2, -0.15) is 0 Å². The third kappa shape index (κ3) is 9.90. The summed E-state index contributed by atoms with van der Waals surface area (Å²) >= 11 is 1.26. The summed E-state index contributed by atoms with van der Waals surface area (Å²) in [6.45, 7) is 5.02. The quantitative estimate of drug-likeness (QED) is 0.461. The van der Waals surface area contributed by atoms with E-state index in [2.05, 4.69) is 20.1 Å². The Balaban J connectivity index is 3.09. The molecule has 1 radical (unpaired) electrons. The van der Waals surface area contributed by atoms with Crippen molar-refractivity contribution in [2.75, 3.05) is 12.4 Å². The van der Waals surface area contributed by atoms with Gasteiger partial charge >= 0.3 is 5.97 Å². The van der Waals surface area contributed by atoms with Gasteiger partial charge in [0.2, 0.25) is 0 Å². The molecule has 0 saturated heterocycles. The molecule has 0 saturated carbocycles. The first-order valence-corrected chi connectivity index (χ1v) is 6.35. The molecule has 0 unspecified atom stereocenters. The minimum absolute atomic E-state index is 0.145. The van der Waals surface area contributed by atoms with E-state index in [0.717, 1.165) is 18.8 Å². The van der Waals surface area contributed by atoms with Gasteiger partial charge in [-0.05, 0) is 12.3 Å². The summed E-state index contributed by atoms with van der Waals surface area (Å²) < 4.78 is 4.99. The van der Waals surface area contributed by atoms with Crippen molar-refractivity contribution in [3.8, 4) is 0 Å². The molecule has 0 atom stereocenters. The second-order valence-electron chi connectivity index (χ2n) is 3.81. The van der Waals surface area contributed by atoms with Crippen LogP contribution in [-0.2, 0) is 9.53 Å². The maximum atomic E-state index is 10.9. The molecule has 0 spiro atoms. The highest BCUT2D eigenvalue weighted by Gasteiger charge is 2.00. The zero-order valence-electron chi connectivity index (χ0n) is 9.25. The molecule has 0 heterocycles. The monoisotopic (exact) mass is 217 g/mol. The molecule has 2 nitrogen and oxygen atoms in total. The van der Waals surface area contributed by atoms with Crippen LogP contribution in [0.3, 0.4) is 0 Å². The molecular formula is C11H21O2S. The van der Waals surface area contributed by atoms with Crippen molar-refractivity contribution in [1.29, 1.82) is 0 Å². The molecule has 3 heteroatoms. The van der Waals surface area contributed by atoms with Crippen molar-refractivity contribution < 1.29 is 9.53 Å². The first-order chi connectivity index (χ1) is 6.66. The topological polar surface area (TPSA) is 26.3 Å². The van der Waals surface area contributed by atoms with E-state index in [4.69, 9.17) is 4.74 Å². The van der Waals surface area contributed by atoms with Crippen molar-refractivity contribution in [2.45, 2.75) is 39.5 Å². The van der Waals surface area contributed by atoms with Crippen molar-refractivity contribution in [3.05, 3.63) is 6.26 Å². The minimum Gasteiger partial charge on any atom is -0.465 e. The van der Waals surface area contributed by atoms with Gasteiger partial charge in [0, 0.05) is 6.26 Å². The van der Waals surface area contributed by atoms with Gasteiger partial charge in [0.05, 0.1) is 12.4 Å². The predicted molar refractivity (Wildman–Crippen MR) is 62.1 cm³/mol. The van der Waals surface area contributed by atoms with Crippen molar-refractivity contribution >= 4 is 17.7 Å². The van der Waals surface area contributed by atoms with Crippen LogP contribution in [0.15, 0.2) is 0 Å². The number of unbranched alkanes of at least 4 members (excludes halogenated alkanes) is 2. The smallest absolute Gasteiger partial charge is 0.315 e. The summed E-state index contributed by atoms with van der Waals surface area (Å²) in [7, 11) is 0. The second-order valence-corrected chi connectivity index (χ2v) is 4.51. The first-order valence-electron chi connectivity index (χ1n) is 5.19. The lowest BCUT2D eigenvalue weighted by molar-refractivity contribution is -0.140. The fraction of sp³-hybridized carbons (Fsp3) is 0.818. The maximum Gasteiger partial charge on any atom is 0.315 e. The lowest BCUT2D eigenvalue weighted by atomic mass is 10.1. The average molecular weight is 217 g/mol. The Hall–Kier alpha value is -0.180. The highest BCUT2D eigenvalue weighted by molar-refractivity contribution is 8.01. The molecule has 0 fully saturated rings. The molecule has 14 heavy (non-hydrogen) atoms. The molecule has 0 aromatic carbocycles. The number of ether oxygens (including phenoxy) is 1. The molecule has 0 aliphatic carbocycles. The highest BCUT2D eigenvalue weighted by Crippen LogP contribution is 2.08. The van der Waals surface area contributed by atoms with E-state index in [0.29, 0.717) is 12.4 Å². The number of esters is 1. The van der Waals surface area contributed by atoms with Crippen molar-refractivity contribution in [2.24, 2.45) is 5.92 Å². The molecule has 0 bridgehead atoms. The summed E-state index contributed by atoms with van der Waals surface area (Å²) in [5.41, 5.74) is 0. The fourth-order valence-electron chi connectivity index (χ4n) is 1.14. The van der Waals surface area contributed by atoms with Gasteiger partial charge in [-0.1, -0.05) is 33.1 Å². The Labute approximate surface area is 91.8 Å². The van der Waals surface area contributed by atoms with E-state index in [1.807, 2.05) is 0 Å². The number of rotatable bonds is 8. The van der Waals surface area contributed by atoms with Gasteiger partial charge in [0.15, 0.2) is 0 Å². The molecule has 0 amide bonds. The standard InChI is InChI=1S/C11H21O2S/c1-10(2)7-5-4-6-8-13-11(12)9-14-3/h10H,3-9H2,1-2H3. The lowest BCUT2D eigenvalue weighted by Crippen LogP contribution is -2.07. The SMILES string of the molecule is [CH2]SCC(=O)OCCCCCC(C)C. The summed E-state index contributed by atoms with van der Waals surface area (Å²) in [6, 6.07) is 0. The largest absolute Gasteiger partial charge is 0.465 e. The first kappa shape index (κ1) is 13.8.